The van der Waals surface area contributed by atoms with Crippen molar-refractivity contribution in [3.05, 3.63) is 42.5 Å². The molecule has 6 heteroatoms. The van der Waals surface area contributed by atoms with Crippen molar-refractivity contribution in [2.75, 3.05) is 11.9 Å². The zero-order chi connectivity index (χ0) is 17.5. The lowest BCUT2D eigenvalue weighted by atomic mass is 10.1. The second kappa shape index (κ2) is 8.53. The number of nitrogens with one attached hydrogen (secondary N) is 3. The molecule has 0 saturated heterocycles. The first-order valence-electron chi connectivity index (χ1n) is 7.46. The Kier molecular flexibility index (Phi) is 7.03. The SMILES string of the molecule is C=CCNC(=S)Nc1cccc([C@H](C)OC(=O)NC(C)(C)C)c1. The van der Waals surface area contributed by atoms with E-state index >= 15 is 0 Å². The van der Waals surface area contributed by atoms with Gasteiger partial charge in [0, 0.05) is 17.8 Å². The van der Waals surface area contributed by atoms with Crippen LogP contribution in [0.4, 0.5) is 10.5 Å². The molecule has 0 saturated carbocycles. The van der Waals surface area contributed by atoms with Crippen molar-refractivity contribution in [1.29, 1.82) is 0 Å². The Hall–Kier alpha value is -2.08. The van der Waals surface area contributed by atoms with E-state index < -0.39 is 6.09 Å². The molecule has 0 aliphatic heterocycles. The average molecular weight is 335 g/mol. The monoisotopic (exact) mass is 335 g/mol. The van der Waals surface area contributed by atoms with Gasteiger partial charge in [-0.25, -0.2) is 4.79 Å². The molecule has 1 aromatic carbocycles. The largest absolute Gasteiger partial charge is 0.442 e. The van der Waals surface area contributed by atoms with Crippen molar-refractivity contribution in [3.63, 3.8) is 0 Å². The van der Waals surface area contributed by atoms with Gasteiger partial charge in [0.15, 0.2) is 5.11 Å². The van der Waals surface area contributed by atoms with Gasteiger partial charge in [-0.1, -0.05) is 18.2 Å². The van der Waals surface area contributed by atoms with Crippen molar-refractivity contribution in [2.45, 2.75) is 39.3 Å². The highest BCUT2D eigenvalue weighted by atomic mass is 32.1. The number of alkyl carbamates (subject to hydrolysis) is 1. The van der Waals surface area contributed by atoms with E-state index in [1.165, 1.54) is 0 Å². The third-order valence-electron chi connectivity index (χ3n) is 2.78. The maximum atomic E-state index is 11.8. The van der Waals surface area contributed by atoms with E-state index in [4.69, 9.17) is 17.0 Å². The van der Waals surface area contributed by atoms with Gasteiger partial charge in [-0.3, -0.25) is 0 Å². The highest BCUT2D eigenvalue weighted by Gasteiger charge is 2.18. The van der Waals surface area contributed by atoms with E-state index in [0.29, 0.717) is 11.7 Å². The van der Waals surface area contributed by atoms with Crippen LogP contribution in [0.15, 0.2) is 36.9 Å². The second-order valence-corrected chi connectivity index (χ2v) is 6.58. The third kappa shape index (κ3) is 7.65. The van der Waals surface area contributed by atoms with E-state index in [1.54, 1.807) is 6.08 Å². The predicted molar refractivity (Wildman–Crippen MR) is 98.6 cm³/mol. The minimum atomic E-state index is -0.438. The summed E-state index contributed by atoms with van der Waals surface area (Å²) in [5, 5.41) is 9.36. The zero-order valence-corrected chi connectivity index (χ0v) is 14.9. The van der Waals surface area contributed by atoms with Crippen LogP contribution >= 0.6 is 12.2 Å². The molecule has 0 unspecified atom stereocenters. The lowest BCUT2D eigenvalue weighted by Gasteiger charge is -2.22. The smallest absolute Gasteiger partial charge is 0.408 e. The van der Waals surface area contributed by atoms with Gasteiger partial charge in [-0.05, 0) is 57.6 Å². The highest BCUT2D eigenvalue weighted by Crippen LogP contribution is 2.21. The summed E-state index contributed by atoms with van der Waals surface area (Å²) in [6.45, 7) is 11.8. The summed E-state index contributed by atoms with van der Waals surface area (Å²) in [7, 11) is 0. The van der Waals surface area contributed by atoms with Crippen LogP contribution in [0.1, 0.15) is 39.4 Å². The fraction of sp³-hybridized carbons (Fsp3) is 0.412. The first kappa shape index (κ1) is 19.0. The molecule has 23 heavy (non-hydrogen) atoms. The van der Waals surface area contributed by atoms with Crippen molar-refractivity contribution < 1.29 is 9.53 Å². The fourth-order valence-electron chi connectivity index (χ4n) is 1.77. The summed E-state index contributed by atoms with van der Waals surface area (Å²) in [5.74, 6) is 0. The Balaban J connectivity index is 2.66. The quantitative estimate of drug-likeness (QED) is 0.565. The molecule has 126 valence electrons. The molecule has 0 fully saturated rings. The van der Waals surface area contributed by atoms with Gasteiger partial charge in [0.1, 0.15) is 6.10 Å². The molecule has 0 aliphatic carbocycles. The minimum absolute atomic E-state index is 0.330. The summed E-state index contributed by atoms with van der Waals surface area (Å²) < 4.78 is 5.40. The number of rotatable bonds is 5. The van der Waals surface area contributed by atoms with Crippen molar-refractivity contribution in [1.82, 2.24) is 10.6 Å². The number of ether oxygens (including phenoxy) is 1. The zero-order valence-electron chi connectivity index (χ0n) is 14.1. The molecule has 0 aliphatic rings. The van der Waals surface area contributed by atoms with Crippen LogP contribution in [0.5, 0.6) is 0 Å². The van der Waals surface area contributed by atoms with Crippen LogP contribution in [-0.2, 0) is 4.74 Å². The molecule has 1 amide bonds. The van der Waals surface area contributed by atoms with Crippen LogP contribution < -0.4 is 16.0 Å². The lowest BCUT2D eigenvalue weighted by molar-refractivity contribution is 0.100. The molecule has 0 radical (unpaired) electrons. The number of carbonyl (C=O) groups is 1. The Morgan fingerprint density at radius 3 is 2.74 bits per heavy atom. The highest BCUT2D eigenvalue weighted by molar-refractivity contribution is 7.80. The molecule has 1 atom stereocenters. The van der Waals surface area contributed by atoms with Gasteiger partial charge in [-0.15, -0.1) is 6.58 Å². The van der Waals surface area contributed by atoms with E-state index in [2.05, 4.69) is 22.5 Å². The lowest BCUT2D eigenvalue weighted by Crippen LogP contribution is -2.41. The summed E-state index contributed by atoms with van der Waals surface area (Å²) in [6.07, 6.45) is 0.925. The van der Waals surface area contributed by atoms with E-state index in [9.17, 15) is 4.79 Å². The summed E-state index contributed by atoms with van der Waals surface area (Å²) >= 11 is 5.17. The molecule has 0 spiro atoms. The summed E-state index contributed by atoms with van der Waals surface area (Å²) in [5.41, 5.74) is 1.38. The number of thiocarbonyl (C=S) groups is 1. The van der Waals surface area contributed by atoms with Crippen LogP contribution in [0.3, 0.4) is 0 Å². The Morgan fingerprint density at radius 1 is 1.43 bits per heavy atom. The second-order valence-electron chi connectivity index (χ2n) is 6.17. The number of hydrogen-bond acceptors (Lipinski definition) is 3. The predicted octanol–water partition coefficient (Wildman–Crippen LogP) is 3.74. The molecule has 0 aromatic heterocycles. The Bertz CT molecular complexity index is 567. The maximum Gasteiger partial charge on any atom is 0.408 e. The van der Waals surface area contributed by atoms with Crippen LogP contribution in [0.2, 0.25) is 0 Å². The van der Waals surface area contributed by atoms with Crippen molar-refractivity contribution in [3.8, 4) is 0 Å². The standard InChI is InChI=1S/C17H25N3O2S/c1-6-10-18-15(23)19-14-9-7-8-13(11-14)12(2)22-16(21)20-17(3,4)5/h6-9,11-12H,1,10H2,2-5H3,(H,20,21)(H2,18,19,23)/t12-/m0/s1. The van der Waals surface area contributed by atoms with Crippen LogP contribution in [0.25, 0.3) is 0 Å². The van der Waals surface area contributed by atoms with Crippen molar-refractivity contribution >= 4 is 29.1 Å². The molecule has 3 N–H and O–H groups in total. The first-order valence-corrected chi connectivity index (χ1v) is 7.86. The van der Waals surface area contributed by atoms with Gasteiger partial charge < -0.3 is 20.7 Å². The van der Waals surface area contributed by atoms with Crippen molar-refractivity contribution in [2.24, 2.45) is 0 Å². The van der Waals surface area contributed by atoms with E-state index in [-0.39, 0.29) is 11.6 Å². The van der Waals surface area contributed by atoms with Gasteiger partial charge in [0.2, 0.25) is 0 Å². The fourth-order valence-corrected chi connectivity index (χ4v) is 1.97. The number of amides is 1. The summed E-state index contributed by atoms with van der Waals surface area (Å²) in [6, 6.07) is 7.58. The first-order chi connectivity index (χ1) is 10.7. The molecular weight excluding hydrogens is 310 g/mol. The average Bonchev–Trinajstić information content (AvgIpc) is 2.43. The molecule has 1 aromatic rings. The maximum absolute atomic E-state index is 11.8. The molecule has 1 rings (SSSR count). The van der Waals surface area contributed by atoms with E-state index in [0.717, 1.165) is 11.3 Å². The van der Waals surface area contributed by atoms with Gasteiger partial charge in [0.25, 0.3) is 0 Å². The molecular formula is C17H25N3O2S. The Morgan fingerprint density at radius 2 is 2.13 bits per heavy atom. The number of hydrogen-bond donors (Lipinski definition) is 3. The summed E-state index contributed by atoms with van der Waals surface area (Å²) in [4.78, 5) is 11.8. The molecule has 0 heterocycles. The Labute approximate surface area is 143 Å². The number of carbonyl (C=O) groups excluding carboxylic acids is 1. The topological polar surface area (TPSA) is 62.4 Å². The molecule has 5 nitrogen and oxygen atoms in total. The van der Waals surface area contributed by atoms with Gasteiger partial charge in [0.05, 0.1) is 0 Å². The van der Waals surface area contributed by atoms with E-state index in [1.807, 2.05) is 52.0 Å². The van der Waals surface area contributed by atoms with Crippen LogP contribution in [0, 0.1) is 0 Å². The van der Waals surface area contributed by atoms with Gasteiger partial charge in [-0.2, -0.15) is 0 Å². The van der Waals surface area contributed by atoms with Gasteiger partial charge >= 0.3 is 6.09 Å². The third-order valence-corrected chi connectivity index (χ3v) is 3.03. The minimum Gasteiger partial charge on any atom is -0.442 e. The molecule has 0 bridgehead atoms. The number of anilines is 1. The number of benzene rings is 1. The normalized spacial score (nSPS) is 12.0. The van der Waals surface area contributed by atoms with Crippen LogP contribution in [-0.4, -0.2) is 23.3 Å².